The van der Waals surface area contributed by atoms with Crippen molar-refractivity contribution in [2.24, 2.45) is 5.10 Å². The highest BCUT2D eigenvalue weighted by Crippen LogP contribution is 2.30. The summed E-state index contributed by atoms with van der Waals surface area (Å²) in [6.45, 7) is 2.20. The molecule has 7 nitrogen and oxygen atoms in total. The summed E-state index contributed by atoms with van der Waals surface area (Å²) in [5, 5.41) is 5.98. The molecule has 37 heavy (non-hydrogen) atoms. The van der Waals surface area contributed by atoms with E-state index in [2.05, 4.69) is 17.5 Å². The minimum atomic E-state index is -0.547. The third kappa shape index (κ3) is 8.07. The van der Waals surface area contributed by atoms with Gasteiger partial charge in [0.15, 0.2) is 11.5 Å². The van der Waals surface area contributed by atoms with Crippen LogP contribution in [-0.4, -0.2) is 32.3 Å². The fourth-order valence-electron chi connectivity index (χ4n) is 4.09. The van der Waals surface area contributed by atoms with Gasteiger partial charge in [-0.25, -0.2) is 10.2 Å². The van der Waals surface area contributed by atoms with Gasteiger partial charge in [0, 0.05) is 12.0 Å². The van der Waals surface area contributed by atoms with Crippen LogP contribution in [0.5, 0.6) is 17.2 Å². The van der Waals surface area contributed by atoms with Crippen LogP contribution in [0.1, 0.15) is 74.2 Å². The molecular weight excluding hydrogens is 468 g/mol. The van der Waals surface area contributed by atoms with Gasteiger partial charge in [0.2, 0.25) is 5.91 Å². The standard InChI is InChI=1S/C30H36N2O5/c1-4-5-6-7-8-9-10-15-29(33)32-31-21-25-24-14-12-11-13-22(24)16-18-26(25)37-30(34)23-17-19-27(35-2)28(20-23)36-3/h11-14,16-21H,4-10,15H2,1-3H3,(H,32,33)/b31-21+. The van der Waals surface area contributed by atoms with Gasteiger partial charge < -0.3 is 14.2 Å². The molecule has 0 aliphatic carbocycles. The van der Waals surface area contributed by atoms with E-state index in [1.54, 1.807) is 24.3 Å². The first-order valence-electron chi connectivity index (χ1n) is 12.8. The van der Waals surface area contributed by atoms with Crippen LogP contribution in [-0.2, 0) is 4.79 Å². The minimum Gasteiger partial charge on any atom is -0.493 e. The van der Waals surface area contributed by atoms with Gasteiger partial charge in [-0.1, -0.05) is 75.8 Å². The van der Waals surface area contributed by atoms with Crippen molar-refractivity contribution in [3.8, 4) is 17.2 Å². The summed E-state index contributed by atoms with van der Waals surface area (Å²) in [5.74, 6) is 0.608. The Kier molecular flexibility index (Phi) is 11.0. The molecule has 0 fully saturated rings. The molecule has 196 valence electrons. The Bertz CT molecular complexity index is 1220. The number of rotatable bonds is 14. The third-order valence-corrected chi connectivity index (χ3v) is 6.14. The first-order valence-corrected chi connectivity index (χ1v) is 12.8. The summed E-state index contributed by atoms with van der Waals surface area (Å²) >= 11 is 0. The maximum Gasteiger partial charge on any atom is 0.343 e. The number of methoxy groups -OCH3 is 2. The van der Waals surface area contributed by atoms with E-state index in [0.29, 0.717) is 34.8 Å². The highest BCUT2D eigenvalue weighted by Gasteiger charge is 2.16. The number of carbonyl (C=O) groups excluding carboxylic acids is 2. The Morgan fingerprint density at radius 1 is 0.838 bits per heavy atom. The molecule has 0 aromatic heterocycles. The van der Waals surface area contributed by atoms with Crippen molar-refractivity contribution in [3.05, 3.63) is 65.7 Å². The quantitative estimate of drug-likeness (QED) is 0.0871. The molecule has 3 aromatic rings. The lowest BCUT2D eigenvalue weighted by molar-refractivity contribution is -0.121. The van der Waals surface area contributed by atoms with Crippen LogP contribution in [0.2, 0.25) is 0 Å². The number of hydrogen-bond acceptors (Lipinski definition) is 6. The van der Waals surface area contributed by atoms with Gasteiger partial charge in [-0.15, -0.1) is 0 Å². The maximum atomic E-state index is 12.9. The lowest BCUT2D eigenvalue weighted by Crippen LogP contribution is -2.17. The van der Waals surface area contributed by atoms with Gasteiger partial charge in [-0.3, -0.25) is 4.79 Å². The number of nitrogens with zero attached hydrogens (tertiary/aromatic N) is 1. The number of nitrogens with one attached hydrogen (secondary N) is 1. The average molecular weight is 505 g/mol. The summed E-state index contributed by atoms with van der Waals surface area (Å²) in [6, 6.07) is 16.2. The Morgan fingerprint density at radius 3 is 2.30 bits per heavy atom. The topological polar surface area (TPSA) is 86.2 Å². The van der Waals surface area contributed by atoms with Crippen molar-refractivity contribution in [1.29, 1.82) is 0 Å². The van der Waals surface area contributed by atoms with Gasteiger partial charge in [0.1, 0.15) is 5.75 Å². The molecule has 3 aromatic carbocycles. The fraction of sp³-hybridized carbons (Fsp3) is 0.367. The number of hydrazone groups is 1. The number of carbonyl (C=O) groups is 2. The van der Waals surface area contributed by atoms with Crippen LogP contribution in [0.4, 0.5) is 0 Å². The monoisotopic (exact) mass is 504 g/mol. The molecule has 0 radical (unpaired) electrons. The summed E-state index contributed by atoms with van der Waals surface area (Å²) in [5.41, 5.74) is 3.52. The molecular formula is C30H36N2O5. The number of fused-ring (bicyclic) bond motifs is 1. The van der Waals surface area contributed by atoms with Crippen LogP contribution in [0.25, 0.3) is 10.8 Å². The molecule has 0 atom stereocenters. The van der Waals surface area contributed by atoms with Crippen molar-refractivity contribution >= 4 is 28.9 Å². The molecule has 0 aliphatic heterocycles. The zero-order chi connectivity index (χ0) is 26.5. The molecule has 0 saturated heterocycles. The number of benzene rings is 3. The lowest BCUT2D eigenvalue weighted by Gasteiger charge is -2.12. The molecule has 0 saturated carbocycles. The first kappa shape index (κ1) is 27.7. The molecule has 0 bridgehead atoms. The minimum absolute atomic E-state index is 0.131. The number of esters is 1. The Hall–Kier alpha value is -3.87. The number of unbranched alkanes of at least 4 members (excludes halogenated alkanes) is 6. The van der Waals surface area contributed by atoms with E-state index in [9.17, 15) is 9.59 Å². The van der Waals surface area contributed by atoms with Gasteiger partial charge in [0.25, 0.3) is 0 Å². The average Bonchev–Trinajstić information content (AvgIpc) is 2.93. The predicted molar refractivity (Wildman–Crippen MR) is 147 cm³/mol. The predicted octanol–water partition coefficient (Wildman–Crippen LogP) is 6.67. The number of amides is 1. The van der Waals surface area contributed by atoms with E-state index >= 15 is 0 Å². The van der Waals surface area contributed by atoms with E-state index in [1.807, 2.05) is 30.3 Å². The van der Waals surface area contributed by atoms with Crippen LogP contribution in [0.15, 0.2) is 59.7 Å². The molecule has 3 rings (SSSR count). The first-order chi connectivity index (χ1) is 18.1. The van der Waals surface area contributed by atoms with Crippen LogP contribution in [0.3, 0.4) is 0 Å². The molecule has 0 aliphatic rings. The molecule has 0 heterocycles. The third-order valence-electron chi connectivity index (χ3n) is 6.14. The second-order valence-corrected chi connectivity index (χ2v) is 8.82. The van der Waals surface area contributed by atoms with Crippen LogP contribution < -0.4 is 19.6 Å². The fourth-order valence-corrected chi connectivity index (χ4v) is 4.09. The van der Waals surface area contributed by atoms with Crippen LogP contribution >= 0.6 is 0 Å². The summed E-state index contributed by atoms with van der Waals surface area (Å²) in [4.78, 5) is 25.2. The Balaban J connectivity index is 1.69. The van der Waals surface area contributed by atoms with Crippen molar-refractivity contribution in [1.82, 2.24) is 5.43 Å². The number of hydrogen-bond donors (Lipinski definition) is 1. The van der Waals surface area contributed by atoms with Crippen molar-refractivity contribution < 1.29 is 23.8 Å². The van der Waals surface area contributed by atoms with Gasteiger partial charge in [0.05, 0.1) is 26.0 Å². The van der Waals surface area contributed by atoms with E-state index in [-0.39, 0.29) is 5.91 Å². The van der Waals surface area contributed by atoms with Gasteiger partial charge in [-0.05, 0) is 41.5 Å². The normalized spacial score (nSPS) is 11.0. The lowest BCUT2D eigenvalue weighted by atomic mass is 10.0. The van der Waals surface area contributed by atoms with Crippen molar-refractivity contribution in [2.45, 2.75) is 58.3 Å². The molecule has 1 amide bonds. The van der Waals surface area contributed by atoms with E-state index < -0.39 is 5.97 Å². The highest BCUT2D eigenvalue weighted by atomic mass is 16.5. The molecule has 7 heteroatoms. The maximum absolute atomic E-state index is 12.9. The second-order valence-electron chi connectivity index (χ2n) is 8.82. The summed E-state index contributed by atoms with van der Waals surface area (Å²) in [6.07, 6.45) is 9.99. The zero-order valence-corrected chi connectivity index (χ0v) is 21.9. The smallest absolute Gasteiger partial charge is 0.343 e. The van der Waals surface area contributed by atoms with Crippen molar-refractivity contribution in [3.63, 3.8) is 0 Å². The van der Waals surface area contributed by atoms with Crippen molar-refractivity contribution in [2.75, 3.05) is 14.2 Å². The zero-order valence-electron chi connectivity index (χ0n) is 21.9. The largest absolute Gasteiger partial charge is 0.493 e. The van der Waals surface area contributed by atoms with E-state index in [1.165, 1.54) is 46.1 Å². The number of ether oxygens (including phenoxy) is 3. The molecule has 1 N–H and O–H groups in total. The van der Waals surface area contributed by atoms with Crippen LogP contribution in [0, 0.1) is 0 Å². The van der Waals surface area contributed by atoms with E-state index in [0.717, 1.165) is 30.0 Å². The van der Waals surface area contributed by atoms with Gasteiger partial charge in [-0.2, -0.15) is 5.10 Å². The highest BCUT2D eigenvalue weighted by molar-refractivity contribution is 6.04. The summed E-state index contributed by atoms with van der Waals surface area (Å²) < 4.78 is 16.3. The second kappa shape index (κ2) is 14.6. The molecule has 0 spiro atoms. The van der Waals surface area contributed by atoms with Gasteiger partial charge >= 0.3 is 5.97 Å². The molecule has 0 unspecified atom stereocenters. The SMILES string of the molecule is CCCCCCCCCC(=O)N/N=C/c1c(OC(=O)c2ccc(OC)c(OC)c2)ccc2ccccc12. The van der Waals surface area contributed by atoms with E-state index in [4.69, 9.17) is 14.2 Å². The Labute approximate surface area is 218 Å². The Morgan fingerprint density at radius 2 is 1.54 bits per heavy atom. The summed E-state index contributed by atoms with van der Waals surface area (Å²) in [7, 11) is 3.04.